The van der Waals surface area contributed by atoms with Crippen LogP contribution in [-0.4, -0.2) is 18.4 Å². The zero-order valence-electron chi connectivity index (χ0n) is 18.0. The minimum atomic E-state index is -0.448. The number of hydrogen-bond acceptors (Lipinski definition) is 4. The van der Waals surface area contributed by atoms with Crippen LogP contribution in [0.2, 0.25) is 0 Å². The van der Waals surface area contributed by atoms with Gasteiger partial charge in [-0.1, -0.05) is 48.5 Å². The van der Waals surface area contributed by atoms with Crippen LogP contribution in [0.3, 0.4) is 0 Å². The number of nitrogens with zero attached hydrogens (tertiary/aromatic N) is 1. The predicted octanol–water partition coefficient (Wildman–Crippen LogP) is 4.43. The van der Waals surface area contributed by atoms with Gasteiger partial charge in [-0.05, 0) is 60.9 Å². The molecular formula is C26H24N2O4. The van der Waals surface area contributed by atoms with Crippen LogP contribution in [0, 0.1) is 6.92 Å². The van der Waals surface area contributed by atoms with E-state index < -0.39 is 11.8 Å². The first-order valence-electron chi connectivity index (χ1n) is 10.4. The second kappa shape index (κ2) is 9.39. The number of ether oxygens (including phenoxy) is 2. The fourth-order valence-corrected chi connectivity index (χ4v) is 3.41. The Bertz CT molecular complexity index is 1170. The second-order valence-electron chi connectivity index (χ2n) is 7.33. The quantitative estimate of drug-likeness (QED) is 0.446. The van der Waals surface area contributed by atoms with Gasteiger partial charge in [-0.15, -0.1) is 0 Å². The van der Waals surface area contributed by atoms with Gasteiger partial charge in [0, 0.05) is 0 Å². The van der Waals surface area contributed by atoms with Crippen LogP contribution in [0.5, 0.6) is 11.5 Å². The molecule has 2 amide bonds. The molecule has 32 heavy (non-hydrogen) atoms. The summed E-state index contributed by atoms with van der Waals surface area (Å²) in [5, 5.41) is 1.25. The first kappa shape index (κ1) is 21.2. The largest absolute Gasteiger partial charge is 0.490 e. The van der Waals surface area contributed by atoms with Crippen molar-refractivity contribution in [3.63, 3.8) is 0 Å². The van der Waals surface area contributed by atoms with Crippen molar-refractivity contribution in [1.29, 1.82) is 0 Å². The SMILES string of the molecule is CCOc1cc(/C=C2/C(=O)NN(c3ccccc3)C2=O)ccc1OCc1ccccc1C. The Balaban J connectivity index is 1.57. The summed E-state index contributed by atoms with van der Waals surface area (Å²) in [6.45, 7) is 4.81. The maximum absolute atomic E-state index is 12.8. The molecule has 1 aliphatic heterocycles. The fourth-order valence-electron chi connectivity index (χ4n) is 3.41. The van der Waals surface area contributed by atoms with Crippen molar-refractivity contribution in [2.75, 3.05) is 11.6 Å². The number of hydrazine groups is 1. The van der Waals surface area contributed by atoms with Crippen LogP contribution < -0.4 is 19.9 Å². The number of rotatable bonds is 7. The molecule has 1 N–H and O–H groups in total. The summed E-state index contributed by atoms with van der Waals surface area (Å²) >= 11 is 0. The maximum atomic E-state index is 12.8. The minimum Gasteiger partial charge on any atom is -0.490 e. The summed E-state index contributed by atoms with van der Waals surface area (Å²) < 4.78 is 11.8. The van der Waals surface area contributed by atoms with E-state index in [0.29, 0.717) is 36.0 Å². The third-order valence-corrected chi connectivity index (χ3v) is 5.13. The van der Waals surface area contributed by atoms with Crippen LogP contribution in [-0.2, 0) is 16.2 Å². The molecule has 1 saturated heterocycles. The normalized spacial score (nSPS) is 14.6. The predicted molar refractivity (Wildman–Crippen MR) is 123 cm³/mol. The third-order valence-electron chi connectivity index (χ3n) is 5.13. The van der Waals surface area contributed by atoms with Gasteiger partial charge in [0.2, 0.25) is 0 Å². The molecule has 162 valence electrons. The van der Waals surface area contributed by atoms with E-state index in [1.807, 2.05) is 44.2 Å². The number of benzene rings is 3. The van der Waals surface area contributed by atoms with E-state index in [9.17, 15) is 9.59 Å². The molecule has 6 heteroatoms. The number of carbonyl (C=O) groups excluding carboxylic acids is 2. The van der Waals surface area contributed by atoms with Crippen LogP contribution in [0.4, 0.5) is 5.69 Å². The Kier molecular flexibility index (Phi) is 6.22. The number of hydrogen-bond donors (Lipinski definition) is 1. The molecule has 3 aromatic rings. The maximum Gasteiger partial charge on any atom is 0.282 e. The van der Waals surface area contributed by atoms with Gasteiger partial charge in [-0.3, -0.25) is 15.0 Å². The molecule has 3 aromatic carbocycles. The number of nitrogens with one attached hydrogen (secondary N) is 1. The van der Waals surface area contributed by atoms with Crippen molar-refractivity contribution in [3.05, 3.63) is 95.1 Å². The van der Waals surface area contributed by atoms with Crippen molar-refractivity contribution in [2.24, 2.45) is 0 Å². The lowest BCUT2D eigenvalue weighted by Gasteiger charge is -2.14. The first-order valence-corrected chi connectivity index (χ1v) is 10.4. The second-order valence-corrected chi connectivity index (χ2v) is 7.33. The molecule has 0 radical (unpaired) electrons. The molecule has 1 heterocycles. The van der Waals surface area contributed by atoms with Gasteiger partial charge in [-0.25, -0.2) is 5.01 Å². The highest BCUT2D eigenvalue weighted by Crippen LogP contribution is 2.31. The van der Waals surface area contributed by atoms with Crippen molar-refractivity contribution < 1.29 is 19.1 Å². The number of amides is 2. The van der Waals surface area contributed by atoms with Gasteiger partial charge >= 0.3 is 0 Å². The fraction of sp³-hybridized carbons (Fsp3) is 0.154. The number of aryl methyl sites for hydroxylation is 1. The van der Waals surface area contributed by atoms with Crippen LogP contribution in [0.25, 0.3) is 6.08 Å². The summed E-state index contributed by atoms with van der Waals surface area (Å²) in [7, 11) is 0. The lowest BCUT2D eigenvalue weighted by Crippen LogP contribution is -2.35. The molecule has 1 aliphatic rings. The molecule has 6 nitrogen and oxygen atoms in total. The van der Waals surface area contributed by atoms with Crippen molar-refractivity contribution >= 4 is 23.6 Å². The average molecular weight is 428 g/mol. The van der Waals surface area contributed by atoms with Crippen molar-refractivity contribution in [2.45, 2.75) is 20.5 Å². The highest BCUT2D eigenvalue weighted by molar-refractivity contribution is 6.31. The molecule has 0 spiro atoms. The van der Waals surface area contributed by atoms with Gasteiger partial charge in [0.15, 0.2) is 11.5 Å². The van der Waals surface area contributed by atoms with Gasteiger partial charge in [0.1, 0.15) is 12.2 Å². The summed E-state index contributed by atoms with van der Waals surface area (Å²) in [4.78, 5) is 25.3. The summed E-state index contributed by atoms with van der Waals surface area (Å²) in [6, 6.07) is 22.4. The van der Waals surface area contributed by atoms with Crippen molar-refractivity contribution in [1.82, 2.24) is 5.43 Å². The molecule has 0 aliphatic carbocycles. The standard InChI is InChI=1S/C26H24N2O4/c1-3-31-24-16-19(13-14-23(24)32-17-20-10-8-7-9-18(20)2)15-22-25(29)27-28(26(22)30)21-11-5-4-6-12-21/h4-16H,3,17H2,1-2H3,(H,27,29)/b22-15-. The Morgan fingerprint density at radius 2 is 1.66 bits per heavy atom. The Morgan fingerprint density at radius 3 is 2.41 bits per heavy atom. The zero-order valence-corrected chi connectivity index (χ0v) is 18.0. The Labute approximate surface area is 187 Å². The van der Waals surface area contributed by atoms with Crippen LogP contribution in [0.15, 0.2) is 78.4 Å². The Hall–Kier alpha value is -4.06. The van der Waals surface area contributed by atoms with Gasteiger partial charge in [-0.2, -0.15) is 0 Å². The molecule has 4 rings (SSSR count). The van der Waals surface area contributed by atoms with E-state index in [-0.39, 0.29) is 5.57 Å². The molecule has 0 atom stereocenters. The smallest absolute Gasteiger partial charge is 0.282 e. The lowest BCUT2D eigenvalue weighted by atomic mass is 10.1. The van der Waals surface area contributed by atoms with Crippen LogP contribution in [0.1, 0.15) is 23.6 Å². The topological polar surface area (TPSA) is 67.9 Å². The van der Waals surface area contributed by atoms with E-state index in [1.54, 1.807) is 48.5 Å². The van der Waals surface area contributed by atoms with E-state index in [2.05, 4.69) is 5.43 Å². The zero-order chi connectivity index (χ0) is 22.5. The molecular weight excluding hydrogens is 404 g/mol. The number of para-hydroxylation sites is 1. The first-order chi connectivity index (χ1) is 15.6. The van der Waals surface area contributed by atoms with Crippen molar-refractivity contribution in [3.8, 4) is 11.5 Å². The summed E-state index contributed by atoms with van der Waals surface area (Å²) in [5.41, 5.74) is 6.18. The monoisotopic (exact) mass is 428 g/mol. The van der Waals surface area contributed by atoms with Gasteiger partial charge in [0.25, 0.3) is 11.8 Å². The van der Waals surface area contributed by atoms with Gasteiger partial charge in [0.05, 0.1) is 12.3 Å². The highest BCUT2D eigenvalue weighted by Gasteiger charge is 2.34. The Morgan fingerprint density at radius 1 is 0.906 bits per heavy atom. The third kappa shape index (κ3) is 4.49. The molecule has 0 aromatic heterocycles. The minimum absolute atomic E-state index is 0.0601. The molecule has 1 fully saturated rings. The average Bonchev–Trinajstić information content (AvgIpc) is 3.08. The molecule has 0 saturated carbocycles. The van der Waals surface area contributed by atoms with Gasteiger partial charge < -0.3 is 9.47 Å². The van der Waals surface area contributed by atoms with E-state index in [1.165, 1.54) is 5.01 Å². The summed E-state index contributed by atoms with van der Waals surface area (Å²) in [5.74, 6) is 0.308. The number of anilines is 1. The lowest BCUT2D eigenvalue weighted by molar-refractivity contribution is -0.117. The molecule has 0 bridgehead atoms. The van der Waals surface area contributed by atoms with E-state index in [0.717, 1.165) is 11.1 Å². The van der Waals surface area contributed by atoms with Crippen LogP contribution >= 0.6 is 0 Å². The van der Waals surface area contributed by atoms with E-state index in [4.69, 9.17) is 9.47 Å². The molecule has 0 unspecified atom stereocenters. The summed E-state index contributed by atoms with van der Waals surface area (Å²) in [6.07, 6.45) is 1.56. The van der Waals surface area contributed by atoms with E-state index >= 15 is 0 Å². The number of carbonyl (C=O) groups is 2. The highest BCUT2D eigenvalue weighted by atomic mass is 16.5.